The number of allylic oxidation sites excluding steroid dienone is 3. The second kappa shape index (κ2) is 7.03. The lowest BCUT2D eigenvalue weighted by molar-refractivity contribution is 0.249. The molecule has 0 nitrogen and oxygen atoms in total. The molecule has 4 atom stereocenters. The van der Waals surface area contributed by atoms with Crippen molar-refractivity contribution in [1.82, 2.24) is 0 Å². The van der Waals surface area contributed by atoms with E-state index in [0.29, 0.717) is 5.92 Å². The van der Waals surface area contributed by atoms with E-state index in [-0.39, 0.29) is 0 Å². The van der Waals surface area contributed by atoms with Crippen LogP contribution < -0.4 is 0 Å². The van der Waals surface area contributed by atoms with Crippen molar-refractivity contribution in [2.24, 2.45) is 23.7 Å². The van der Waals surface area contributed by atoms with Crippen molar-refractivity contribution >= 4 is 0 Å². The van der Waals surface area contributed by atoms with Gasteiger partial charge in [0, 0.05) is 0 Å². The Kier molecular flexibility index (Phi) is 6.02. The van der Waals surface area contributed by atoms with Crippen LogP contribution in [0.25, 0.3) is 0 Å². The highest BCUT2D eigenvalue weighted by Gasteiger charge is 2.21. The van der Waals surface area contributed by atoms with E-state index in [1.165, 1.54) is 32.1 Å². The lowest BCUT2D eigenvalue weighted by atomic mass is 9.77. The molecular formula is C17H30. The molecule has 0 spiro atoms. The first-order valence-corrected chi connectivity index (χ1v) is 7.32. The van der Waals surface area contributed by atoms with Gasteiger partial charge in [-0.1, -0.05) is 38.5 Å². The lowest BCUT2D eigenvalue weighted by Gasteiger charge is -2.29. The van der Waals surface area contributed by atoms with Gasteiger partial charge in [0.2, 0.25) is 0 Å². The topological polar surface area (TPSA) is 0 Å². The van der Waals surface area contributed by atoms with Crippen LogP contribution in [0.1, 0.15) is 59.8 Å². The summed E-state index contributed by atoms with van der Waals surface area (Å²) in [4.78, 5) is 0. The molecule has 0 amide bonds. The van der Waals surface area contributed by atoms with Crippen molar-refractivity contribution in [2.75, 3.05) is 0 Å². The normalized spacial score (nSPS) is 36.7. The third kappa shape index (κ3) is 4.69. The van der Waals surface area contributed by atoms with Crippen LogP contribution in [0.2, 0.25) is 0 Å². The van der Waals surface area contributed by atoms with E-state index in [9.17, 15) is 0 Å². The van der Waals surface area contributed by atoms with Crippen LogP contribution in [0.3, 0.4) is 0 Å². The van der Waals surface area contributed by atoms with Gasteiger partial charge in [0.05, 0.1) is 0 Å². The molecule has 17 heavy (non-hydrogen) atoms. The molecule has 1 rings (SSSR count). The Balaban J connectivity index is 2.73. The molecule has 0 heterocycles. The van der Waals surface area contributed by atoms with E-state index < -0.39 is 0 Å². The van der Waals surface area contributed by atoms with E-state index in [0.717, 1.165) is 17.8 Å². The molecule has 0 N–H and O–H groups in total. The maximum atomic E-state index is 3.98. The second-order valence-electron chi connectivity index (χ2n) is 6.21. The quantitative estimate of drug-likeness (QED) is 0.545. The highest BCUT2D eigenvalue weighted by atomic mass is 14.3. The molecule has 98 valence electrons. The van der Waals surface area contributed by atoms with Crippen LogP contribution >= 0.6 is 0 Å². The van der Waals surface area contributed by atoms with Gasteiger partial charge in [0.1, 0.15) is 0 Å². The molecule has 3 unspecified atom stereocenters. The summed E-state index contributed by atoms with van der Waals surface area (Å²) in [5.41, 5.74) is 1.59. The van der Waals surface area contributed by atoms with Gasteiger partial charge >= 0.3 is 0 Å². The van der Waals surface area contributed by atoms with Crippen LogP contribution in [0.4, 0.5) is 0 Å². The maximum absolute atomic E-state index is 3.98. The minimum atomic E-state index is 0.664. The van der Waals surface area contributed by atoms with Crippen molar-refractivity contribution in [3.63, 3.8) is 0 Å². The summed E-state index contributed by atoms with van der Waals surface area (Å²) in [5.74, 6) is 3.20. The van der Waals surface area contributed by atoms with Crippen LogP contribution in [-0.2, 0) is 0 Å². The number of rotatable bonds is 2. The summed E-state index contributed by atoms with van der Waals surface area (Å²) in [7, 11) is 0. The van der Waals surface area contributed by atoms with Gasteiger partial charge in [-0.05, 0) is 62.7 Å². The largest absolute Gasteiger partial charge is 0.103 e. The van der Waals surface area contributed by atoms with Gasteiger partial charge in [-0.25, -0.2) is 0 Å². The molecule has 0 aromatic carbocycles. The molecule has 0 saturated heterocycles. The first-order valence-electron chi connectivity index (χ1n) is 7.32. The van der Waals surface area contributed by atoms with Crippen molar-refractivity contribution in [2.45, 2.75) is 59.8 Å². The highest BCUT2D eigenvalue weighted by Crippen LogP contribution is 2.33. The summed E-state index contributed by atoms with van der Waals surface area (Å²) >= 11 is 0. The summed E-state index contributed by atoms with van der Waals surface area (Å²) in [6, 6.07) is 0. The SMILES string of the molecule is C=C[C@@H](C)C1CC/C(C)=C/CCC(C)C(C)C1. The minimum absolute atomic E-state index is 0.664. The average Bonchev–Trinajstić information content (AvgIpc) is 2.32. The predicted octanol–water partition coefficient (Wildman–Crippen LogP) is 5.61. The van der Waals surface area contributed by atoms with Gasteiger partial charge in [-0.3, -0.25) is 0 Å². The maximum Gasteiger partial charge on any atom is -0.0236 e. The summed E-state index contributed by atoms with van der Waals surface area (Å²) in [6.45, 7) is 13.5. The molecule has 0 radical (unpaired) electrons. The Bertz CT molecular complexity index is 261. The van der Waals surface area contributed by atoms with E-state index in [1.807, 2.05) is 0 Å². The summed E-state index contributed by atoms with van der Waals surface area (Å²) in [5, 5.41) is 0. The minimum Gasteiger partial charge on any atom is -0.103 e. The fraction of sp³-hybridized carbons (Fsp3) is 0.765. The molecule has 0 aromatic heterocycles. The Morgan fingerprint density at radius 3 is 2.65 bits per heavy atom. The third-order valence-corrected chi connectivity index (χ3v) is 4.79. The molecule has 0 heteroatoms. The molecule has 0 bridgehead atoms. The van der Waals surface area contributed by atoms with E-state index in [1.54, 1.807) is 5.57 Å². The lowest BCUT2D eigenvalue weighted by Crippen LogP contribution is -2.18. The number of hydrogen-bond acceptors (Lipinski definition) is 0. The zero-order valence-corrected chi connectivity index (χ0v) is 12.2. The van der Waals surface area contributed by atoms with Gasteiger partial charge in [-0.2, -0.15) is 0 Å². The fourth-order valence-electron chi connectivity index (χ4n) is 2.89. The van der Waals surface area contributed by atoms with Crippen LogP contribution in [0.5, 0.6) is 0 Å². The standard InChI is InChI=1S/C17H30/c1-6-14(3)17-11-10-13(2)8-7-9-15(4)16(5)12-17/h6,8,14-17H,1,7,9-12H2,2-5H3/b13-8+/t14-,15?,16?,17?/m1/s1. The highest BCUT2D eigenvalue weighted by molar-refractivity contribution is 4.99. The third-order valence-electron chi connectivity index (χ3n) is 4.79. The Morgan fingerprint density at radius 1 is 1.29 bits per heavy atom. The van der Waals surface area contributed by atoms with Crippen molar-refractivity contribution in [3.8, 4) is 0 Å². The van der Waals surface area contributed by atoms with Gasteiger partial charge in [0.25, 0.3) is 0 Å². The predicted molar refractivity (Wildman–Crippen MR) is 78.0 cm³/mol. The average molecular weight is 234 g/mol. The Labute approximate surface area is 108 Å². The van der Waals surface area contributed by atoms with Gasteiger partial charge < -0.3 is 0 Å². The fourth-order valence-corrected chi connectivity index (χ4v) is 2.89. The Hall–Kier alpha value is -0.520. The van der Waals surface area contributed by atoms with E-state index in [4.69, 9.17) is 0 Å². The zero-order valence-electron chi connectivity index (χ0n) is 12.2. The first-order chi connectivity index (χ1) is 8.04. The summed E-state index contributed by atoms with van der Waals surface area (Å²) < 4.78 is 0. The zero-order chi connectivity index (χ0) is 12.8. The first kappa shape index (κ1) is 14.5. The Morgan fingerprint density at radius 2 is 2.00 bits per heavy atom. The van der Waals surface area contributed by atoms with E-state index >= 15 is 0 Å². The molecule has 0 aliphatic heterocycles. The molecule has 0 fully saturated rings. The van der Waals surface area contributed by atoms with Crippen LogP contribution in [0, 0.1) is 23.7 Å². The second-order valence-corrected chi connectivity index (χ2v) is 6.21. The molecule has 1 aliphatic rings. The van der Waals surface area contributed by atoms with Crippen molar-refractivity contribution in [1.29, 1.82) is 0 Å². The monoisotopic (exact) mass is 234 g/mol. The van der Waals surface area contributed by atoms with Crippen LogP contribution in [0.15, 0.2) is 24.3 Å². The number of hydrogen-bond donors (Lipinski definition) is 0. The van der Waals surface area contributed by atoms with Crippen LogP contribution in [-0.4, -0.2) is 0 Å². The summed E-state index contributed by atoms with van der Waals surface area (Å²) in [6.07, 6.45) is 11.2. The van der Waals surface area contributed by atoms with Gasteiger partial charge in [0.15, 0.2) is 0 Å². The van der Waals surface area contributed by atoms with Crippen molar-refractivity contribution < 1.29 is 0 Å². The smallest absolute Gasteiger partial charge is 0.0236 e. The van der Waals surface area contributed by atoms with Gasteiger partial charge in [-0.15, -0.1) is 6.58 Å². The molecule has 0 saturated carbocycles. The molecule has 0 aromatic rings. The molecular weight excluding hydrogens is 204 g/mol. The molecule has 1 aliphatic carbocycles. The van der Waals surface area contributed by atoms with E-state index in [2.05, 4.69) is 46.4 Å². The van der Waals surface area contributed by atoms with Crippen molar-refractivity contribution in [3.05, 3.63) is 24.3 Å².